The molecular weight excluding hydrogens is 255 g/mol. The Labute approximate surface area is 105 Å². The first kappa shape index (κ1) is 12.8. The zero-order chi connectivity index (χ0) is 13.3. The Bertz CT molecular complexity index is 662. The van der Waals surface area contributed by atoms with Gasteiger partial charge in [-0.1, -0.05) is 12.1 Å². The van der Waals surface area contributed by atoms with Crippen LogP contribution in [0, 0.1) is 0 Å². The van der Waals surface area contributed by atoms with E-state index in [1.807, 2.05) is 18.4 Å². The molecule has 1 aromatic carbocycles. The summed E-state index contributed by atoms with van der Waals surface area (Å²) in [5.74, 6) is 0. The first-order chi connectivity index (χ1) is 8.39. The fourth-order valence-electron chi connectivity index (χ4n) is 1.75. The van der Waals surface area contributed by atoms with Crippen molar-refractivity contribution in [3.63, 3.8) is 0 Å². The van der Waals surface area contributed by atoms with Crippen LogP contribution in [0.15, 0.2) is 41.7 Å². The molecule has 1 aromatic heterocycles. The van der Waals surface area contributed by atoms with Gasteiger partial charge in [-0.3, -0.25) is 0 Å². The third-order valence-corrected chi connectivity index (χ3v) is 3.45. The Morgan fingerprint density at radius 1 is 1.33 bits per heavy atom. The molecule has 4 nitrogen and oxygen atoms in total. The zero-order valence-electron chi connectivity index (χ0n) is 10.0. The number of nitrogens with zero attached hydrogens (tertiary/aromatic N) is 2. The van der Waals surface area contributed by atoms with E-state index in [-0.39, 0.29) is 10.9 Å². The second-order valence-corrected chi connectivity index (χ2v) is 5.59. The predicted molar refractivity (Wildman–Crippen MR) is 66.3 cm³/mol. The van der Waals surface area contributed by atoms with Crippen molar-refractivity contribution in [2.24, 2.45) is 0 Å². The summed E-state index contributed by atoms with van der Waals surface area (Å²) in [6, 6.07) is 5.97. The van der Waals surface area contributed by atoms with E-state index >= 15 is 0 Å². The number of imidazole rings is 1. The molecule has 0 bridgehead atoms. The number of halogens is 1. The van der Waals surface area contributed by atoms with Gasteiger partial charge in [0, 0.05) is 11.6 Å². The largest absolute Gasteiger partial charge is 0.332 e. The number of hydrogen-bond acceptors (Lipinski definition) is 3. The maximum atomic E-state index is 13.0. The van der Waals surface area contributed by atoms with E-state index in [0.29, 0.717) is 5.56 Å². The van der Waals surface area contributed by atoms with E-state index in [9.17, 15) is 12.3 Å². The highest BCUT2D eigenvalue weighted by Crippen LogP contribution is 2.25. The van der Waals surface area contributed by atoms with Crippen molar-refractivity contribution in [3.05, 3.63) is 36.8 Å². The molecule has 2 aromatic rings. The molecule has 0 amide bonds. The van der Waals surface area contributed by atoms with Gasteiger partial charge < -0.3 is 4.57 Å². The molecule has 2 rings (SSSR count). The molecule has 0 aliphatic rings. The van der Waals surface area contributed by atoms with Crippen molar-refractivity contribution in [1.82, 2.24) is 9.55 Å². The molecule has 0 spiro atoms. The number of rotatable bonds is 3. The van der Waals surface area contributed by atoms with Gasteiger partial charge in [0.2, 0.25) is 0 Å². The number of benzene rings is 1. The highest BCUT2D eigenvalue weighted by atomic mass is 32.3. The maximum Gasteiger partial charge on any atom is 0.332 e. The standard InChI is InChI=1S/C12H13FN2O2S/c1-9(2)15-8-14-7-12(15)10-4-3-5-11(6-10)18(13,16)17/h3-9H,1-2H3. The summed E-state index contributed by atoms with van der Waals surface area (Å²) in [6.07, 6.45) is 3.29. The molecule has 0 saturated carbocycles. The summed E-state index contributed by atoms with van der Waals surface area (Å²) < 4.78 is 36.6. The van der Waals surface area contributed by atoms with Crippen LogP contribution in [-0.4, -0.2) is 18.0 Å². The van der Waals surface area contributed by atoms with E-state index in [1.54, 1.807) is 18.6 Å². The maximum absolute atomic E-state index is 13.0. The van der Waals surface area contributed by atoms with Gasteiger partial charge in [0.1, 0.15) is 0 Å². The molecule has 0 N–H and O–H groups in total. The second-order valence-electron chi connectivity index (χ2n) is 4.25. The summed E-state index contributed by atoms with van der Waals surface area (Å²) in [5, 5.41) is 0. The minimum Gasteiger partial charge on any atom is -0.328 e. The summed E-state index contributed by atoms with van der Waals surface area (Å²) in [4.78, 5) is 3.69. The fourth-order valence-corrected chi connectivity index (χ4v) is 2.26. The van der Waals surface area contributed by atoms with Gasteiger partial charge in [-0.2, -0.15) is 8.42 Å². The average molecular weight is 268 g/mol. The van der Waals surface area contributed by atoms with Crippen molar-refractivity contribution in [2.75, 3.05) is 0 Å². The lowest BCUT2D eigenvalue weighted by atomic mass is 10.1. The normalized spacial score (nSPS) is 12.0. The fraction of sp³-hybridized carbons (Fsp3) is 0.250. The van der Waals surface area contributed by atoms with Gasteiger partial charge in [0.05, 0.1) is 23.1 Å². The molecule has 0 atom stereocenters. The van der Waals surface area contributed by atoms with Gasteiger partial charge in [-0.15, -0.1) is 3.89 Å². The van der Waals surface area contributed by atoms with E-state index in [2.05, 4.69) is 4.98 Å². The molecule has 18 heavy (non-hydrogen) atoms. The monoisotopic (exact) mass is 268 g/mol. The van der Waals surface area contributed by atoms with Gasteiger partial charge in [0.25, 0.3) is 0 Å². The van der Waals surface area contributed by atoms with Crippen molar-refractivity contribution < 1.29 is 12.3 Å². The van der Waals surface area contributed by atoms with E-state index in [4.69, 9.17) is 0 Å². The van der Waals surface area contributed by atoms with Gasteiger partial charge in [0.15, 0.2) is 0 Å². The Morgan fingerprint density at radius 2 is 2.06 bits per heavy atom. The number of hydrogen-bond donors (Lipinski definition) is 0. The van der Waals surface area contributed by atoms with Crippen LogP contribution in [-0.2, 0) is 10.2 Å². The van der Waals surface area contributed by atoms with Crippen LogP contribution in [0.1, 0.15) is 19.9 Å². The van der Waals surface area contributed by atoms with Gasteiger partial charge in [-0.25, -0.2) is 4.98 Å². The zero-order valence-corrected chi connectivity index (χ0v) is 10.9. The molecule has 0 aliphatic carbocycles. The minimum absolute atomic E-state index is 0.188. The van der Waals surface area contributed by atoms with E-state index in [1.165, 1.54) is 18.2 Å². The molecule has 0 aliphatic heterocycles. The molecular formula is C12H13FN2O2S. The van der Waals surface area contributed by atoms with Crippen LogP contribution in [0.25, 0.3) is 11.3 Å². The molecule has 0 radical (unpaired) electrons. The lowest BCUT2D eigenvalue weighted by molar-refractivity contribution is 0.552. The summed E-state index contributed by atoms with van der Waals surface area (Å²) in [6.45, 7) is 3.97. The van der Waals surface area contributed by atoms with Gasteiger partial charge >= 0.3 is 10.2 Å². The topological polar surface area (TPSA) is 52.0 Å². The van der Waals surface area contributed by atoms with Crippen LogP contribution in [0.4, 0.5) is 3.89 Å². The highest BCUT2D eigenvalue weighted by Gasteiger charge is 2.14. The Morgan fingerprint density at radius 3 is 2.67 bits per heavy atom. The predicted octanol–water partition coefficient (Wildman–Crippen LogP) is 2.79. The van der Waals surface area contributed by atoms with Crippen LogP contribution in [0.3, 0.4) is 0 Å². The Kier molecular flexibility index (Phi) is 3.21. The lowest BCUT2D eigenvalue weighted by Crippen LogP contribution is -2.01. The smallest absolute Gasteiger partial charge is 0.328 e. The second kappa shape index (κ2) is 4.53. The van der Waals surface area contributed by atoms with Crippen molar-refractivity contribution in [1.29, 1.82) is 0 Å². The van der Waals surface area contributed by atoms with Crippen LogP contribution in [0.5, 0.6) is 0 Å². The molecule has 0 unspecified atom stereocenters. The van der Waals surface area contributed by atoms with Crippen LogP contribution in [0.2, 0.25) is 0 Å². The number of aromatic nitrogens is 2. The van der Waals surface area contributed by atoms with Gasteiger partial charge in [-0.05, 0) is 26.0 Å². The SMILES string of the molecule is CC(C)n1cncc1-c1cccc(S(=O)(=O)F)c1. The quantitative estimate of drug-likeness (QED) is 0.804. The summed E-state index contributed by atoms with van der Waals surface area (Å²) >= 11 is 0. The first-order valence-corrected chi connectivity index (χ1v) is 6.85. The third kappa shape index (κ3) is 2.43. The van der Waals surface area contributed by atoms with Crippen molar-refractivity contribution in [3.8, 4) is 11.3 Å². The third-order valence-electron chi connectivity index (χ3n) is 2.63. The van der Waals surface area contributed by atoms with Crippen LogP contribution < -0.4 is 0 Å². The molecule has 6 heteroatoms. The van der Waals surface area contributed by atoms with Crippen molar-refractivity contribution in [2.45, 2.75) is 24.8 Å². The summed E-state index contributed by atoms with van der Waals surface area (Å²) in [5.41, 5.74) is 1.38. The average Bonchev–Trinajstić information content (AvgIpc) is 2.77. The molecule has 96 valence electrons. The first-order valence-electron chi connectivity index (χ1n) is 5.46. The summed E-state index contributed by atoms with van der Waals surface area (Å²) in [7, 11) is -4.68. The minimum atomic E-state index is -4.68. The molecule has 0 fully saturated rings. The van der Waals surface area contributed by atoms with E-state index in [0.717, 1.165) is 5.69 Å². The van der Waals surface area contributed by atoms with Crippen molar-refractivity contribution >= 4 is 10.2 Å². The Balaban J connectivity index is 2.55. The molecule has 1 heterocycles. The molecule has 0 saturated heterocycles. The highest BCUT2D eigenvalue weighted by molar-refractivity contribution is 7.86. The van der Waals surface area contributed by atoms with Crippen LogP contribution >= 0.6 is 0 Å². The lowest BCUT2D eigenvalue weighted by Gasteiger charge is -2.11. The van der Waals surface area contributed by atoms with E-state index < -0.39 is 10.2 Å². The Hall–Kier alpha value is -1.69.